The van der Waals surface area contributed by atoms with E-state index < -0.39 is 0 Å². The number of nitrogens with zero attached hydrogens (tertiary/aromatic N) is 3. The van der Waals surface area contributed by atoms with Gasteiger partial charge < -0.3 is 9.88 Å². The smallest absolute Gasteiger partial charge is 0.222 e. The lowest BCUT2D eigenvalue weighted by Gasteiger charge is -2.34. The summed E-state index contributed by atoms with van der Waals surface area (Å²) in [7, 11) is 0. The van der Waals surface area contributed by atoms with Gasteiger partial charge in [-0.15, -0.1) is 11.3 Å². The minimum Gasteiger partial charge on any atom is -0.361 e. The van der Waals surface area contributed by atoms with Gasteiger partial charge in [0.1, 0.15) is 0 Å². The molecule has 142 valence electrons. The molecular weight excluding hydrogens is 356 g/mol. The molecule has 1 aromatic carbocycles. The van der Waals surface area contributed by atoms with Gasteiger partial charge >= 0.3 is 0 Å². The van der Waals surface area contributed by atoms with Crippen LogP contribution in [0, 0.1) is 6.92 Å². The fourth-order valence-electron chi connectivity index (χ4n) is 3.79. The topological polar surface area (TPSA) is 52.2 Å². The van der Waals surface area contributed by atoms with Gasteiger partial charge in [0.25, 0.3) is 0 Å². The van der Waals surface area contributed by atoms with Crippen LogP contribution < -0.4 is 0 Å². The quantitative estimate of drug-likeness (QED) is 0.709. The standard InChI is InChI=1S/C21H26N4OS/c1-16-23-18(15-27-16)14-24-9-11-25(12-10-24)21(26)8-4-5-17-13-22-20-7-3-2-6-19(17)20/h2-3,6-7,13,15,22H,4-5,8-12,14H2,1H3. The predicted molar refractivity (Wildman–Crippen MR) is 110 cm³/mol. The van der Waals surface area contributed by atoms with Crippen LogP contribution in [0.15, 0.2) is 35.8 Å². The summed E-state index contributed by atoms with van der Waals surface area (Å²) in [5, 5.41) is 4.53. The zero-order chi connectivity index (χ0) is 18.6. The maximum Gasteiger partial charge on any atom is 0.222 e. The SMILES string of the molecule is Cc1nc(CN2CCN(C(=O)CCCc3c[nH]c4ccccc34)CC2)cs1. The van der Waals surface area contributed by atoms with Crippen molar-refractivity contribution in [3.8, 4) is 0 Å². The third-order valence-corrected chi connectivity index (χ3v) is 6.11. The van der Waals surface area contributed by atoms with Crippen molar-refractivity contribution in [2.24, 2.45) is 0 Å². The van der Waals surface area contributed by atoms with E-state index in [1.165, 1.54) is 16.5 Å². The number of thiazole rings is 1. The molecule has 0 spiro atoms. The number of piperazine rings is 1. The second kappa shape index (κ2) is 8.23. The highest BCUT2D eigenvalue weighted by Gasteiger charge is 2.21. The lowest BCUT2D eigenvalue weighted by atomic mass is 10.1. The first kappa shape index (κ1) is 18.2. The van der Waals surface area contributed by atoms with Crippen molar-refractivity contribution < 1.29 is 4.79 Å². The number of hydrogen-bond acceptors (Lipinski definition) is 4. The normalized spacial score (nSPS) is 15.5. The summed E-state index contributed by atoms with van der Waals surface area (Å²) in [5.74, 6) is 0.291. The molecule has 4 rings (SSSR count). The van der Waals surface area contributed by atoms with E-state index in [1.807, 2.05) is 17.9 Å². The Labute approximate surface area is 164 Å². The highest BCUT2D eigenvalue weighted by Crippen LogP contribution is 2.20. The van der Waals surface area contributed by atoms with Crippen molar-refractivity contribution in [3.63, 3.8) is 0 Å². The highest BCUT2D eigenvalue weighted by molar-refractivity contribution is 7.09. The minimum absolute atomic E-state index is 0.291. The first-order valence-corrected chi connectivity index (χ1v) is 10.5. The summed E-state index contributed by atoms with van der Waals surface area (Å²) in [4.78, 5) is 24.8. The Morgan fingerprint density at radius 1 is 1.22 bits per heavy atom. The number of aryl methyl sites for hydroxylation is 2. The maximum atomic E-state index is 12.5. The first-order chi connectivity index (χ1) is 13.2. The molecule has 1 saturated heterocycles. The van der Waals surface area contributed by atoms with E-state index in [0.29, 0.717) is 12.3 Å². The molecule has 0 atom stereocenters. The number of para-hydroxylation sites is 1. The zero-order valence-corrected chi connectivity index (χ0v) is 16.6. The van der Waals surface area contributed by atoms with Crippen molar-refractivity contribution >= 4 is 28.1 Å². The number of benzene rings is 1. The molecule has 0 bridgehead atoms. The number of nitrogens with one attached hydrogen (secondary N) is 1. The first-order valence-electron chi connectivity index (χ1n) is 9.65. The van der Waals surface area contributed by atoms with Gasteiger partial charge in [-0.2, -0.15) is 0 Å². The van der Waals surface area contributed by atoms with E-state index in [9.17, 15) is 4.79 Å². The lowest BCUT2D eigenvalue weighted by molar-refractivity contribution is -0.133. The summed E-state index contributed by atoms with van der Waals surface area (Å²) in [6.07, 6.45) is 4.55. The second-order valence-electron chi connectivity index (χ2n) is 7.23. The van der Waals surface area contributed by atoms with Crippen LogP contribution >= 0.6 is 11.3 Å². The monoisotopic (exact) mass is 382 g/mol. The number of carbonyl (C=O) groups excluding carboxylic acids is 1. The van der Waals surface area contributed by atoms with Crippen LogP contribution in [-0.2, 0) is 17.8 Å². The molecule has 0 radical (unpaired) electrons. The molecule has 6 heteroatoms. The van der Waals surface area contributed by atoms with Gasteiger partial charge in [0.2, 0.25) is 5.91 Å². The van der Waals surface area contributed by atoms with Crippen molar-refractivity contribution in [1.82, 2.24) is 19.8 Å². The Morgan fingerprint density at radius 2 is 2.04 bits per heavy atom. The van der Waals surface area contributed by atoms with Crippen LogP contribution in [0.3, 0.4) is 0 Å². The fraction of sp³-hybridized carbons (Fsp3) is 0.429. The third kappa shape index (κ3) is 4.39. The van der Waals surface area contributed by atoms with Crippen LogP contribution in [0.25, 0.3) is 10.9 Å². The van der Waals surface area contributed by atoms with Crippen molar-refractivity contribution in [1.29, 1.82) is 0 Å². The van der Waals surface area contributed by atoms with E-state index >= 15 is 0 Å². The number of aromatic nitrogens is 2. The van der Waals surface area contributed by atoms with Gasteiger partial charge in [-0.05, 0) is 31.4 Å². The number of amides is 1. The Morgan fingerprint density at radius 3 is 2.81 bits per heavy atom. The number of carbonyl (C=O) groups is 1. The summed E-state index contributed by atoms with van der Waals surface area (Å²) in [6.45, 7) is 6.47. The number of aromatic amines is 1. The average Bonchev–Trinajstić information content (AvgIpc) is 3.28. The van der Waals surface area contributed by atoms with Gasteiger partial charge in [0.05, 0.1) is 10.7 Å². The van der Waals surface area contributed by atoms with E-state index in [-0.39, 0.29) is 0 Å². The van der Waals surface area contributed by atoms with E-state index in [4.69, 9.17) is 0 Å². The maximum absolute atomic E-state index is 12.5. The molecule has 27 heavy (non-hydrogen) atoms. The predicted octanol–water partition coefficient (Wildman–Crippen LogP) is 3.60. The molecule has 0 unspecified atom stereocenters. The molecule has 1 amide bonds. The number of H-pyrrole nitrogens is 1. The third-order valence-electron chi connectivity index (χ3n) is 5.29. The number of hydrogen-bond donors (Lipinski definition) is 1. The summed E-state index contributed by atoms with van der Waals surface area (Å²) >= 11 is 1.70. The second-order valence-corrected chi connectivity index (χ2v) is 8.29. The minimum atomic E-state index is 0.291. The number of rotatable bonds is 6. The zero-order valence-electron chi connectivity index (χ0n) is 15.8. The average molecular weight is 383 g/mol. The molecule has 1 aliphatic rings. The van der Waals surface area contributed by atoms with Gasteiger partial charge in [-0.3, -0.25) is 9.69 Å². The summed E-state index contributed by atoms with van der Waals surface area (Å²) < 4.78 is 0. The van der Waals surface area contributed by atoms with Crippen molar-refractivity contribution in [2.75, 3.05) is 26.2 Å². The van der Waals surface area contributed by atoms with Crippen LogP contribution in [-0.4, -0.2) is 51.9 Å². The van der Waals surface area contributed by atoms with Crippen molar-refractivity contribution in [2.45, 2.75) is 32.7 Å². The van der Waals surface area contributed by atoms with Crippen LogP contribution in [0.4, 0.5) is 0 Å². The molecule has 0 saturated carbocycles. The van der Waals surface area contributed by atoms with Gasteiger partial charge in [-0.1, -0.05) is 18.2 Å². The largest absolute Gasteiger partial charge is 0.361 e. The molecule has 1 N–H and O–H groups in total. The van der Waals surface area contributed by atoms with Gasteiger partial charge in [-0.25, -0.2) is 4.98 Å². The molecule has 1 fully saturated rings. The lowest BCUT2D eigenvalue weighted by Crippen LogP contribution is -2.48. The van der Waals surface area contributed by atoms with Gasteiger partial charge in [0, 0.05) is 61.6 Å². The molecule has 0 aliphatic carbocycles. The van der Waals surface area contributed by atoms with Crippen LogP contribution in [0.5, 0.6) is 0 Å². The highest BCUT2D eigenvalue weighted by atomic mass is 32.1. The molecular formula is C21H26N4OS. The number of fused-ring (bicyclic) bond motifs is 1. The van der Waals surface area contributed by atoms with E-state index in [0.717, 1.165) is 56.3 Å². The molecule has 1 aliphatic heterocycles. The Bertz CT molecular complexity index is 908. The molecule has 3 aromatic rings. The van der Waals surface area contributed by atoms with E-state index in [2.05, 4.69) is 44.6 Å². The Kier molecular flexibility index (Phi) is 5.55. The molecule has 2 aromatic heterocycles. The molecule has 5 nitrogen and oxygen atoms in total. The molecule has 3 heterocycles. The Balaban J connectivity index is 1.21. The van der Waals surface area contributed by atoms with Crippen LogP contribution in [0.2, 0.25) is 0 Å². The summed E-state index contributed by atoms with van der Waals surface area (Å²) in [6, 6.07) is 8.35. The Hall–Kier alpha value is -2.18. The van der Waals surface area contributed by atoms with E-state index in [1.54, 1.807) is 11.3 Å². The summed E-state index contributed by atoms with van der Waals surface area (Å²) in [5.41, 5.74) is 3.63. The van der Waals surface area contributed by atoms with Crippen LogP contribution in [0.1, 0.15) is 29.1 Å². The van der Waals surface area contributed by atoms with Gasteiger partial charge in [0.15, 0.2) is 0 Å². The van der Waals surface area contributed by atoms with Crippen molar-refractivity contribution in [3.05, 3.63) is 52.1 Å². The fourth-order valence-corrected chi connectivity index (χ4v) is 4.40.